The quantitative estimate of drug-likeness (QED) is 0.383. The SMILES string of the molecule is CCOc1ccc(NC(=NC)NCCNC(=O)C(C)C)cc1OC. The third-order valence-corrected chi connectivity index (χ3v) is 3.19. The molecule has 3 N–H and O–H groups in total. The highest BCUT2D eigenvalue weighted by Crippen LogP contribution is 2.30. The van der Waals surface area contributed by atoms with Crippen molar-refractivity contribution in [1.29, 1.82) is 0 Å². The van der Waals surface area contributed by atoms with Gasteiger partial charge in [0.15, 0.2) is 17.5 Å². The number of carbonyl (C=O) groups is 1. The van der Waals surface area contributed by atoms with Gasteiger partial charge in [0, 0.05) is 37.8 Å². The van der Waals surface area contributed by atoms with Crippen LogP contribution in [0.4, 0.5) is 5.69 Å². The summed E-state index contributed by atoms with van der Waals surface area (Å²) < 4.78 is 10.8. The van der Waals surface area contributed by atoms with E-state index in [-0.39, 0.29) is 11.8 Å². The van der Waals surface area contributed by atoms with Gasteiger partial charge in [-0.25, -0.2) is 0 Å². The van der Waals surface area contributed by atoms with Crippen LogP contribution in [0.15, 0.2) is 23.2 Å². The van der Waals surface area contributed by atoms with E-state index in [2.05, 4.69) is 20.9 Å². The van der Waals surface area contributed by atoms with Crippen LogP contribution >= 0.6 is 0 Å². The lowest BCUT2D eigenvalue weighted by Gasteiger charge is -2.15. The molecule has 7 heteroatoms. The number of hydrogen-bond donors (Lipinski definition) is 3. The Hall–Kier alpha value is -2.44. The van der Waals surface area contributed by atoms with E-state index in [0.29, 0.717) is 37.2 Å². The highest BCUT2D eigenvalue weighted by Gasteiger charge is 2.08. The van der Waals surface area contributed by atoms with Crippen molar-refractivity contribution in [3.8, 4) is 11.5 Å². The standard InChI is InChI=1S/C17H28N4O3/c1-6-24-14-8-7-13(11-15(14)23-5)21-17(18-4)20-10-9-19-16(22)12(2)3/h7-8,11-12H,6,9-10H2,1-5H3,(H,19,22)(H2,18,20,21). The van der Waals surface area contributed by atoms with Crippen LogP contribution in [0.25, 0.3) is 0 Å². The Morgan fingerprint density at radius 2 is 1.92 bits per heavy atom. The van der Waals surface area contributed by atoms with E-state index in [4.69, 9.17) is 9.47 Å². The second-order valence-electron chi connectivity index (χ2n) is 5.37. The molecule has 0 spiro atoms. The van der Waals surface area contributed by atoms with Crippen molar-refractivity contribution in [3.05, 3.63) is 18.2 Å². The Labute approximate surface area is 143 Å². The van der Waals surface area contributed by atoms with E-state index in [9.17, 15) is 4.79 Å². The number of aliphatic imine (C=N–C) groups is 1. The van der Waals surface area contributed by atoms with E-state index in [0.717, 1.165) is 5.69 Å². The van der Waals surface area contributed by atoms with Gasteiger partial charge in [0.2, 0.25) is 5.91 Å². The van der Waals surface area contributed by atoms with Crippen LogP contribution in [-0.2, 0) is 4.79 Å². The van der Waals surface area contributed by atoms with Crippen molar-refractivity contribution in [3.63, 3.8) is 0 Å². The zero-order chi connectivity index (χ0) is 17.9. The molecule has 0 aliphatic rings. The molecule has 1 aromatic rings. The molecular weight excluding hydrogens is 308 g/mol. The summed E-state index contributed by atoms with van der Waals surface area (Å²) in [6.45, 7) is 7.34. The van der Waals surface area contributed by atoms with Crippen molar-refractivity contribution >= 4 is 17.6 Å². The lowest BCUT2D eigenvalue weighted by Crippen LogP contribution is -2.38. The fourth-order valence-corrected chi connectivity index (χ4v) is 1.91. The maximum absolute atomic E-state index is 11.5. The van der Waals surface area contributed by atoms with Crippen LogP contribution in [0.3, 0.4) is 0 Å². The average Bonchev–Trinajstić information content (AvgIpc) is 2.58. The molecule has 0 radical (unpaired) electrons. The highest BCUT2D eigenvalue weighted by atomic mass is 16.5. The summed E-state index contributed by atoms with van der Waals surface area (Å²) in [6, 6.07) is 5.58. The molecule has 0 saturated heterocycles. The minimum absolute atomic E-state index is 0.0150. The normalized spacial score (nSPS) is 11.2. The molecule has 0 fully saturated rings. The first-order valence-corrected chi connectivity index (χ1v) is 8.08. The highest BCUT2D eigenvalue weighted by molar-refractivity contribution is 5.93. The van der Waals surface area contributed by atoms with Crippen LogP contribution < -0.4 is 25.4 Å². The number of anilines is 1. The van der Waals surface area contributed by atoms with Crippen LogP contribution in [0.2, 0.25) is 0 Å². The van der Waals surface area contributed by atoms with Crippen molar-refractivity contribution < 1.29 is 14.3 Å². The van der Waals surface area contributed by atoms with Crippen molar-refractivity contribution in [1.82, 2.24) is 10.6 Å². The number of nitrogens with zero attached hydrogens (tertiary/aromatic N) is 1. The summed E-state index contributed by atoms with van der Waals surface area (Å²) in [6.07, 6.45) is 0. The van der Waals surface area contributed by atoms with Crippen LogP contribution in [0.5, 0.6) is 11.5 Å². The molecule has 0 aliphatic heterocycles. The minimum Gasteiger partial charge on any atom is -0.493 e. The van der Waals surface area contributed by atoms with Gasteiger partial charge in [-0.2, -0.15) is 0 Å². The Morgan fingerprint density at radius 1 is 1.21 bits per heavy atom. The lowest BCUT2D eigenvalue weighted by atomic mass is 10.2. The van der Waals surface area contributed by atoms with Gasteiger partial charge >= 0.3 is 0 Å². The number of hydrogen-bond acceptors (Lipinski definition) is 4. The average molecular weight is 336 g/mol. The molecule has 0 aromatic heterocycles. The maximum atomic E-state index is 11.5. The predicted molar refractivity (Wildman–Crippen MR) is 97.0 cm³/mol. The van der Waals surface area contributed by atoms with E-state index < -0.39 is 0 Å². The van der Waals surface area contributed by atoms with Crippen molar-refractivity contribution in [2.24, 2.45) is 10.9 Å². The number of rotatable bonds is 8. The predicted octanol–water partition coefficient (Wildman–Crippen LogP) is 1.85. The summed E-state index contributed by atoms with van der Waals surface area (Å²) >= 11 is 0. The first-order chi connectivity index (χ1) is 11.5. The van der Waals surface area contributed by atoms with Gasteiger partial charge in [-0.1, -0.05) is 13.8 Å². The molecule has 1 amide bonds. The zero-order valence-electron chi connectivity index (χ0n) is 15.1. The molecule has 0 aliphatic carbocycles. The second kappa shape index (κ2) is 10.4. The second-order valence-corrected chi connectivity index (χ2v) is 5.37. The third-order valence-electron chi connectivity index (χ3n) is 3.19. The third kappa shape index (κ3) is 6.36. The molecule has 1 aromatic carbocycles. The Kier molecular flexibility index (Phi) is 8.46. The van der Waals surface area contributed by atoms with Gasteiger partial charge in [0.25, 0.3) is 0 Å². The summed E-state index contributed by atoms with van der Waals surface area (Å²) in [5.41, 5.74) is 0.828. The molecular formula is C17H28N4O3. The summed E-state index contributed by atoms with van der Waals surface area (Å²) in [5.74, 6) is 1.99. The smallest absolute Gasteiger partial charge is 0.222 e. The van der Waals surface area contributed by atoms with Crippen LogP contribution in [-0.4, -0.2) is 45.7 Å². The van der Waals surface area contributed by atoms with Gasteiger partial charge in [0.05, 0.1) is 13.7 Å². The van der Waals surface area contributed by atoms with Crippen molar-refractivity contribution in [2.75, 3.05) is 39.2 Å². The molecule has 0 bridgehead atoms. The fraction of sp³-hybridized carbons (Fsp3) is 0.529. The summed E-state index contributed by atoms with van der Waals surface area (Å²) in [7, 11) is 3.29. The van der Waals surface area contributed by atoms with Crippen LogP contribution in [0, 0.1) is 5.92 Å². The van der Waals surface area contributed by atoms with Gasteiger partial charge in [0.1, 0.15) is 0 Å². The maximum Gasteiger partial charge on any atom is 0.222 e. The fourth-order valence-electron chi connectivity index (χ4n) is 1.91. The van der Waals surface area contributed by atoms with E-state index >= 15 is 0 Å². The van der Waals surface area contributed by atoms with E-state index in [1.54, 1.807) is 14.2 Å². The molecule has 1 rings (SSSR count). The monoisotopic (exact) mass is 336 g/mol. The number of guanidine groups is 1. The number of amides is 1. The molecule has 0 saturated carbocycles. The minimum atomic E-state index is -0.0150. The van der Waals surface area contributed by atoms with Gasteiger partial charge in [-0.15, -0.1) is 0 Å². The number of ether oxygens (including phenoxy) is 2. The Bertz CT molecular complexity index is 559. The first-order valence-electron chi connectivity index (χ1n) is 8.08. The summed E-state index contributed by atoms with van der Waals surface area (Å²) in [4.78, 5) is 15.7. The van der Waals surface area contributed by atoms with Gasteiger partial charge < -0.3 is 25.4 Å². The molecule has 0 heterocycles. The van der Waals surface area contributed by atoms with Gasteiger partial charge in [-0.05, 0) is 19.1 Å². The van der Waals surface area contributed by atoms with Crippen molar-refractivity contribution in [2.45, 2.75) is 20.8 Å². The molecule has 134 valence electrons. The van der Waals surface area contributed by atoms with Crippen LogP contribution in [0.1, 0.15) is 20.8 Å². The van der Waals surface area contributed by atoms with E-state index in [1.165, 1.54) is 0 Å². The first kappa shape index (κ1) is 19.6. The zero-order valence-corrected chi connectivity index (χ0v) is 15.1. The Morgan fingerprint density at radius 3 is 2.50 bits per heavy atom. The van der Waals surface area contributed by atoms with E-state index in [1.807, 2.05) is 39.0 Å². The molecule has 24 heavy (non-hydrogen) atoms. The number of nitrogens with one attached hydrogen (secondary N) is 3. The number of benzene rings is 1. The number of carbonyl (C=O) groups excluding carboxylic acids is 1. The number of methoxy groups -OCH3 is 1. The lowest BCUT2D eigenvalue weighted by molar-refractivity contribution is -0.123. The topological polar surface area (TPSA) is 84.0 Å². The molecule has 7 nitrogen and oxygen atoms in total. The molecule has 0 unspecified atom stereocenters. The largest absolute Gasteiger partial charge is 0.493 e. The van der Waals surface area contributed by atoms with Gasteiger partial charge in [-0.3, -0.25) is 9.79 Å². The molecule has 0 atom stereocenters. The Balaban J connectivity index is 2.55. The summed E-state index contributed by atoms with van der Waals surface area (Å²) in [5, 5.41) is 9.16.